The molecule has 3 rings (SSSR count). The van der Waals surface area contributed by atoms with Gasteiger partial charge in [-0.15, -0.1) is 0 Å². The van der Waals surface area contributed by atoms with Crippen LogP contribution in [0.15, 0.2) is 18.2 Å². The Hall–Kier alpha value is -1.55. The first-order chi connectivity index (χ1) is 8.75. The van der Waals surface area contributed by atoms with E-state index in [9.17, 15) is 4.79 Å². The van der Waals surface area contributed by atoms with Crippen LogP contribution in [-0.2, 0) is 11.2 Å². The van der Waals surface area contributed by atoms with Gasteiger partial charge in [0.1, 0.15) is 0 Å². The Balaban J connectivity index is 1.79. The fourth-order valence-corrected chi connectivity index (χ4v) is 2.62. The molecule has 0 radical (unpaired) electrons. The number of benzene rings is 1. The molecule has 1 atom stereocenters. The molecule has 1 saturated heterocycles. The highest BCUT2D eigenvalue weighted by Crippen LogP contribution is 2.24. The minimum atomic E-state index is 0.0852. The topological polar surface area (TPSA) is 41.6 Å². The number of ether oxygens (including phenoxy) is 1. The number of fused-ring (bicyclic) bond motifs is 1. The number of carbonyl (C=O) groups excluding carboxylic acids is 1. The summed E-state index contributed by atoms with van der Waals surface area (Å²) >= 11 is 0. The highest BCUT2D eigenvalue weighted by atomic mass is 16.5. The van der Waals surface area contributed by atoms with Crippen LogP contribution in [0.5, 0.6) is 0 Å². The minimum Gasteiger partial charge on any atom is -0.384 e. The molecule has 1 unspecified atom stereocenters. The quantitative estimate of drug-likeness (QED) is 0.860. The Labute approximate surface area is 107 Å². The number of amides is 1. The lowest BCUT2D eigenvalue weighted by Gasteiger charge is -2.23. The highest BCUT2D eigenvalue weighted by molar-refractivity contribution is 5.95. The van der Waals surface area contributed by atoms with Gasteiger partial charge in [-0.25, -0.2) is 0 Å². The standard InChI is InChI=1S/C14H18N2O2/c1-16(12-5-7-18-9-12)14(17)11-3-2-10-4-6-15-13(10)8-11/h2-3,8,12,15H,4-7,9H2,1H3. The summed E-state index contributed by atoms with van der Waals surface area (Å²) < 4.78 is 5.33. The molecule has 4 nitrogen and oxygen atoms in total. The summed E-state index contributed by atoms with van der Waals surface area (Å²) in [4.78, 5) is 14.2. The first-order valence-corrected chi connectivity index (χ1v) is 6.47. The molecule has 0 saturated carbocycles. The number of carbonyl (C=O) groups is 1. The molecule has 2 aliphatic heterocycles. The molecule has 4 heteroatoms. The lowest BCUT2D eigenvalue weighted by atomic mass is 10.1. The van der Waals surface area contributed by atoms with Gasteiger partial charge in [0.15, 0.2) is 0 Å². The molecule has 0 aliphatic carbocycles. The minimum absolute atomic E-state index is 0.0852. The Morgan fingerprint density at radius 1 is 1.50 bits per heavy atom. The van der Waals surface area contributed by atoms with E-state index in [4.69, 9.17) is 4.74 Å². The second-order valence-electron chi connectivity index (χ2n) is 4.98. The van der Waals surface area contributed by atoms with Crippen molar-refractivity contribution in [2.24, 2.45) is 0 Å². The predicted octanol–water partition coefficient (Wildman–Crippen LogP) is 1.52. The number of rotatable bonds is 2. The molecular weight excluding hydrogens is 228 g/mol. The first kappa shape index (κ1) is 11.5. The van der Waals surface area contributed by atoms with Crippen LogP contribution in [0.4, 0.5) is 5.69 Å². The van der Waals surface area contributed by atoms with E-state index in [0.717, 1.165) is 37.2 Å². The van der Waals surface area contributed by atoms with Crippen LogP contribution in [0, 0.1) is 0 Å². The first-order valence-electron chi connectivity index (χ1n) is 6.47. The molecule has 1 amide bonds. The maximum absolute atomic E-state index is 12.4. The third-order valence-electron chi connectivity index (χ3n) is 3.84. The van der Waals surface area contributed by atoms with Crippen molar-refractivity contribution in [1.82, 2.24) is 4.90 Å². The molecule has 0 spiro atoms. The number of anilines is 1. The van der Waals surface area contributed by atoms with Crippen LogP contribution in [0.2, 0.25) is 0 Å². The molecule has 18 heavy (non-hydrogen) atoms. The average molecular weight is 246 g/mol. The van der Waals surface area contributed by atoms with Gasteiger partial charge in [-0.05, 0) is 30.5 Å². The van der Waals surface area contributed by atoms with Gasteiger partial charge in [0.25, 0.3) is 5.91 Å². The molecule has 1 aromatic carbocycles. The molecule has 2 aliphatic rings. The molecule has 1 fully saturated rings. The number of nitrogens with zero attached hydrogens (tertiary/aromatic N) is 1. The van der Waals surface area contributed by atoms with E-state index in [1.165, 1.54) is 5.56 Å². The second-order valence-corrected chi connectivity index (χ2v) is 4.98. The number of likely N-dealkylation sites (N-methyl/N-ethyl adjacent to an activating group) is 1. The molecular formula is C14H18N2O2. The molecule has 1 N–H and O–H groups in total. The fourth-order valence-electron chi connectivity index (χ4n) is 2.62. The van der Waals surface area contributed by atoms with Crippen molar-refractivity contribution in [3.8, 4) is 0 Å². The van der Waals surface area contributed by atoms with Gasteiger partial charge in [-0.2, -0.15) is 0 Å². The third kappa shape index (κ3) is 1.97. The van der Waals surface area contributed by atoms with E-state index in [-0.39, 0.29) is 11.9 Å². The summed E-state index contributed by atoms with van der Waals surface area (Å²) in [7, 11) is 1.86. The summed E-state index contributed by atoms with van der Waals surface area (Å²) in [6.45, 7) is 2.39. The summed E-state index contributed by atoms with van der Waals surface area (Å²) in [5.74, 6) is 0.0852. The molecule has 1 aromatic rings. The van der Waals surface area contributed by atoms with Crippen LogP contribution in [0.25, 0.3) is 0 Å². The van der Waals surface area contributed by atoms with Crippen LogP contribution in [0.1, 0.15) is 22.3 Å². The van der Waals surface area contributed by atoms with Gasteiger partial charge in [-0.3, -0.25) is 4.79 Å². The Kier molecular flexibility index (Phi) is 2.96. The van der Waals surface area contributed by atoms with Crippen LogP contribution >= 0.6 is 0 Å². The Morgan fingerprint density at radius 3 is 3.17 bits per heavy atom. The van der Waals surface area contributed by atoms with Crippen molar-refractivity contribution in [2.45, 2.75) is 18.9 Å². The second kappa shape index (κ2) is 4.61. The van der Waals surface area contributed by atoms with Crippen molar-refractivity contribution in [3.05, 3.63) is 29.3 Å². The summed E-state index contributed by atoms with van der Waals surface area (Å²) in [5, 5.41) is 3.31. The fraction of sp³-hybridized carbons (Fsp3) is 0.500. The zero-order valence-corrected chi connectivity index (χ0v) is 10.6. The maximum atomic E-state index is 12.4. The Bertz CT molecular complexity index is 467. The monoisotopic (exact) mass is 246 g/mol. The van der Waals surface area contributed by atoms with E-state index in [1.54, 1.807) is 0 Å². The average Bonchev–Trinajstić information content (AvgIpc) is 3.06. The van der Waals surface area contributed by atoms with Crippen molar-refractivity contribution in [2.75, 3.05) is 32.1 Å². The van der Waals surface area contributed by atoms with E-state index in [0.29, 0.717) is 6.61 Å². The van der Waals surface area contributed by atoms with E-state index >= 15 is 0 Å². The smallest absolute Gasteiger partial charge is 0.254 e. The predicted molar refractivity (Wildman–Crippen MR) is 70.0 cm³/mol. The molecule has 0 bridgehead atoms. The zero-order chi connectivity index (χ0) is 12.5. The summed E-state index contributed by atoms with van der Waals surface area (Å²) in [6, 6.07) is 6.18. The van der Waals surface area contributed by atoms with Crippen molar-refractivity contribution in [1.29, 1.82) is 0 Å². The summed E-state index contributed by atoms with van der Waals surface area (Å²) in [6.07, 6.45) is 1.99. The molecule has 2 heterocycles. The SMILES string of the molecule is CN(C(=O)c1ccc2c(c1)NCC2)C1CCOC1. The van der Waals surface area contributed by atoms with Crippen molar-refractivity contribution < 1.29 is 9.53 Å². The van der Waals surface area contributed by atoms with E-state index in [2.05, 4.69) is 11.4 Å². The van der Waals surface area contributed by atoms with Gasteiger partial charge in [0, 0.05) is 31.5 Å². The van der Waals surface area contributed by atoms with Gasteiger partial charge < -0.3 is 15.0 Å². The van der Waals surface area contributed by atoms with Gasteiger partial charge in [0.05, 0.1) is 12.6 Å². The van der Waals surface area contributed by atoms with Gasteiger partial charge >= 0.3 is 0 Å². The van der Waals surface area contributed by atoms with Crippen LogP contribution in [-0.4, -0.2) is 43.7 Å². The van der Waals surface area contributed by atoms with Crippen molar-refractivity contribution >= 4 is 11.6 Å². The third-order valence-corrected chi connectivity index (χ3v) is 3.84. The number of hydrogen-bond acceptors (Lipinski definition) is 3. The largest absolute Gasteiger partial charge is 0.384 e. The lowest BCUT2D eigenvalue weighted by Crippen LogP contribution is -2.37. The van der Waals surface area contributed by atoms with Gasteiger partial charge in [0.2, 0.25) is 0 Å². The number of hydrogen-bond donors (Lipinski definition) is 1. The molecule has 0 aromatic heterocycles. The zero-order valence-electron chi connectivity index (χ0n) is 10.6. The van der Waals surface area contributed by atoms with Crippen molar-refractivity contribution in [3.63, 3.8) is 0 Å². The summed E-state index contributed by atoms with van der Waals surface area (Å²) in [5.41, 5.74) is 3.17. The van der Waals surface area contributed by atoms with Crippen LogP contribution in [0.3, 0.4) is 0 Å². The van der Waals surface area contributed by atoms with E-state index in [1.807, 2.05) is 24.1 Å². The number of nitrogens with one attached hydrogen (secondary N) is 1. The van der Waals surface area contributed by atoms with E-state index < -0.39 is 0 Å². The molecule has 96 valence electrons. The van der Waals surface area contributed by atoms with Crippen LogP contribution < -0.4 is 5.32 Å². The maximum Gasteiger partial charge on any atom is 0.254 e. The lowest BCUT2D eigenvalue weighted by molar-refractivity contribution is 0.0711. The Morgan fingerprint density at radius 2 is 2.39 bits per heavy atom. The highest BCUT2D eigenvalue weighted by Gasteiger charge is 2.25. The normalized spacial score (nSPS) is 21.5. The van der Waals surface area contributed by atoms with Gasteiger partial charge in [-0.1, -0.05) is 6.07 Å².